The van der Waals surface area contributed by atoms with Crippen LogP contribution in [0.4, 0.5) is 4.39 Å². The fraction of sp³-hybridized carbons (Fsp3) is 0.278. The van der Waals surface area contributed by atoms with Gasteiger partial charge in [-0.05, 0) is 61.0 Å². The summed E-state index contributed by atoms with van der Waals surface area (Å²) in [6, 6.07) is 14.3. The lowest BCUT2D eigenvalue weighted by Crippen LogP contribution is -2.31. The molecule has 3 rings (SSSR count). The van der Waals surface area contributed by atoms with E-state index in [2.05, 4.69) is 11.4 Å². The van der Waals surface area contributed by atoms with Gasteiger partial charge in [0.15, 0.2) is 0 Å². The fourth-order valence-corrected chi connectivity index (χ4v) is 3.07. The van der Waals surface area contributed by atoms with E-state index < -0.39 is 5.60 Å². The minimum Gasteiger partial charge on any atom is -0.361 e. The monoisotopic (exact) mass is 296 g/mol. The first-order valence-electron chi connectivity index (χ1n) is 7.28. The Morgan fingerprint density at radius 2 is 2.05 bits per heavy atom. The molecule has 0 aromatic heterocycles. The van der Waals surface area contributed by atoms with Crippen molar-refractivity contribution in [1.82, 2.24) is 5.32 Å². The molecule has 1 aliphatic heterocycles. The van der Waals surface area contributed by atoms with Gasteiger partial charge < -0.3 is 10.1 Å². The number of nitrogens with one attached hydrogen (secondary N) is 1. The zero-order chi connectivity index (χ0) is 15.6. The van der Waals surface area contributed by atoms with Crippen LogP contribution in [0.1, 0.15) is 28.7 Å². The van der Waals surface area contributed by atoms with Crippen molar-refractivity contribution in [2.45, 2.75) is 18.6 Å². The molecule has 2 aromatic rings. The Bertz CT molecular complexity index is 721. The van der Waals surface area contributed by atoms with Crippen LogP contribution in [-0.2, 0) is 16.9 Å². The van der Waals surface area contributed by atoms with Crippen LogP contribution in [0.2, 0.25) is 0 Å². The Hall–Kier alpha value is -2.22. The first kappa shape index (κ1) is 14.7. The molecule has 4 heteroatoms. The maximum absolute atomic E-state index is 13.3. The standard InChI is InChI=1S/C18H17FN2O/c1-21-9-8-18(15-3-5-16(19)6-4-15)17-7-2-13(11-20)10-14(17)12-22-18/h2-7,10,21H,8-9,12H2,1H3. The molecule has 0 spiro atoms. The van der Waals surface area contributed by atoms with Crippen molar-refractivity contribution in [2.24, 2.45) is 0 Å². The molecule has 3 nitrogen and oxygen atoms in total. The van der Waals surface area contributed by atoms with Crippen LogP contribution in [0.5, 0.6) is 0 Å². The Morgan fingerprint density at radius 1 is 1.27 bits per heavy atom. The molecule has 22 heavy (non-hydrogen) atoms. The highest BCUT2D eigenvalue weighted by atomic mass is 19.1. The van der Waals surface area contributed by atoms with E-state index >= 15 is 0 Å². The summed E-state index contributed by atoms with van der Waals surface area (Å²) in [5, 5.41) is 12.2. The lowest BCUT2D eigenvalue weighted by molar-refractivity contribution is -0.0110. The third-order valence-corrected chi connectivity index (χ3v) is 4.18. The molecule has 1 N–H and O–H groups in total. The molecule has 112 valence electrons. The van der Waals surface area contributed by atoms with E-state index in [0.29, 0.717) is 12.2 Å². The van der Waals surface area contributed by atoms with E-state index in [1.807, 2.05) is 25.2 Å². The predicted molar refractivity (Wildman–Crippen MR) is 81.7 cm³/mol. The molecular formula is C18H17FN2O. The van der Waals surface area contributed by atoms with Gasteiger partial charge >= 0.3 is 0 Å². The number of hydrogen-bond acceptors (Lipinski definition) is 3. The molecular weight excluding hydrogens is 279 g/mol. The Kier molecular flexibility index (Phi) is 3.93. The van der Waals surface area contributed by atoms with E-state index in [0.717, 1.165) is 29.7 Å². The Labute approximate surface area is 129 Å². The van der Waals surface area contributed by atoms with Gasteiger partial charge in [0.1, 0.15) is 11.4 Å². The molecule has 0 saturated carbocycles. The summed E-state index contributed by atoms with van der Waals surface area (Å²) in [5.41, 5.74) is 3.08. The summed E-state index contributed by atoms with van der Waals surface area (Å²) in [6.07, 6.45) is 0.744. The smallest absolute Gasteiger partial charge is 0.123 e. The summed E-state index contributed by atoms with van der Waals surface area (Å²) in [7, 11) is 1.90. The van der Waals surface area contributed by atoms with Crippen molar-refractivity contribution in [2.75, 3.05) is 13.6 Å². The normalized spacial score (nSPS) is 19.7. The topological polar surface area (TPSA) is 45.0 Å². The van der Waals surface area contributed by atoms with Gasteiger partial charge in [0.05, 0.1) is 18.2 Å². The second kappa shape index (κ2) is 5.88. The molecule has 1 heterocycles. The number of halogens is 1. The van der Waals surface area contributed by atoms with Gasteiger partial charge in [0.25, 0.3) is 0 Å². The van der Waals surface area contributed by atoms with Gasteiger partial charge in [-0.1, -0.05) is 18.2 Å². The highest BCUT2D eigenvalue weighted by Gasteiger charge is 2.41. The van der Waals surface area contributed by atoms with Gasteiger partial charge in [-0.25, -0.2) is 4.39 Å². The largest absolute Gasteiger partial charge is 0.361 e. The quantitative estimate of drug-likeness (QED) is 0.943. The van der Waals surface area contributed by atoms with E-state index in [4.69, 9.17) is 10.00 Å². The molecule has 2 aromatic carbocycles. The number of nitrogens with zero attached hydrogens (tertiary/aromatic N) is 1. The second-order valence-electron chi connectivity index (χ2n) is 5.46. The molecule has 1 atom stereocenters. The summed E-state index contributed by atoms with van der Waals surface area (Å²) in [4.78, 5) is 0. The SMILES string of the molecule is CNCCC1(c2ccc(F)cc2)OCc2cc(C#N)ccc21. The van der Waals surface area contributed by atoms with Crippen molar-refractivity contribution in [3.05, 3.63) is 70.5 Å². The molecule has 0 fully saturated rings. The number of nitriles is 1. The molecule has 0 saturated heterocycles. The van der Waals surface area contributed by atoms with Crippen LogP contribution in [0.15, 0.2) is 42.5 Å². The molecule has 1 unspecified atom stereocenters. The zero-order valence-corrected chi connectivity index (χ0v) is 12.4. The summed E-state index contributed by atoms with van der Waals surface area (Å²) >= 11 is 0. The minimum absolute atomic E-state index is 0.259. The summed E-state index contributed by atoms with van der Waals surface area (Å²) in [5.74, 6) is -0.259. The van der Waals surface area contributed by atoms with Gasteiger partial charge in [0, 0.05) is 0 Å². The zero-order valence-electron chi connectivity index (χ0n) is 12.4. The number of rotatable bonds is 4. The Morgan fingerprint density at radius 3 is 2.73 bits per heavy atom. The van der Waals surface area contributed by atoms with Gasteiger partial charge in [-0.15, -0.1) is 0 Å². The second-order valence-corrected chi connectivity index (χ2v) is 5.46. The number of benzene rings is 2. The van der Waals surface area contributed by atoms with Gasteiger partial charge in [0.2, 0.25) is 0 Å². The van der Waals surface area contributed by atoms with Crippen LogP contribution < -0.4 is 5.32 Å². The molecule has 0 amide bonds. The lowest BCUT2D eigenvalue weighted by atomic mass is 9.82. The Balaban J connectivity index is 2.10. The molecule has 0 aliphatic carbocycles. The van der Waals surface area contributed by atoms with Crippen LogP contribution in [0.25, 0.3) is 0 Å². The van der Waals surface area contributed by atoms with Crippen LogP contribution in [0, 0.1) is 17.1 Å². The molecule has 1 aliphatic rings. The molecule has 0 bridgehead atoms. The minimum atomic E-state index is -0.583. The van der Waals surface area contributed by atoms with E-state index in [1.54, 1.807) is 12.1 Å². The molecule has 0 radical (unpaired) electrons. The fourth-order valence-electron chi connectivity index (χ4n) is 3.07. The number of hydrogen-bond donors (Lipinski definition) is 1. The predicted octanol–water partition coefficient (Wildman–Crippen LogP) is 3.08. The first-order chi connectivity index (χ1) is 10.7. The van der Waals surface area contributed by atoms with Crippen molar-refractivity contribution in [3.63, 3.8) is 0 Å². The van der Waals surface area contributed by atoms with Crippen LogP contribution in [-0.4, -0.2) is 13.6 Å². The van der Waals surface area contributed by atoms with E-state index in [-0.39, 0.29) is 5.82 Å². The van der Waals surface area contributed by atoms with Gasteiger partial charge in [-0.2, -0.15) is 5.26 Å². The lowest BCUT2D eigenvalue weighted by Gasteiger charge is -2.30. The maximum Gasteiger partial charge on any atom is 0.123 e. The van der Waals surface area contributed by atoms with Crippen LogP contribution in [0.3, 0.4) is 0 Å². The number of fused-ring (bicyclic) bond motifs is 1. The first-order valence-corrected chi connectivity index (χ1v) is 7.28. The van der Waals surface area contributed by atoms with E-state index in [1.165, 1.54) is 12.1 Å². The van der Waals surface area contributed by atoms with Crippen molar-refractivity contribution in [3.8, 4) is 6.07 Å². The summed E-state index contributed by atoms with van der Waals surface area (Å²) in [6.45, 7) is 1.24. The van der Waals surface area contributed by atoms with E-state index in [9.17, 15) is 4.39 Å². The van der Waals surface area contributed by atoms with Crippen LogP contribution >= 0.6 is 0 Å². The average molecular weight is 296 g/mol. The highest BCUT2D eigenvalue weighted by Crippen LogP contribution is 2.44. The highest BCUT2D eigenvalue weighted by molar-refractivity contribution is 5.48. The van der Waals surface area contributed by atoms with Crippen molar-refractivity contribution < 1.29 is 9.13 Å². The van der Waals surface area contributed by atoms with Gasteiger partial charge in [-0.3, -0.25) is 0 Å². The van der Waals surface area contributed by atoms with Crippen molar-refractivity contribution in [1.29, 1.82) is 5.26 Å². The average Bonchev–Trinajstić information content (AvgIpc) is 2.92. The maximum atomic E-state index is 13.3. The third-order valence-electron chi connectivity index (χ3n) is 4.18. The number of ether oxygens (including phenoxy) is 1. The third kappa shape index (κ3) is 2.39. The summed E-state index contributed by atoms with van der Waals surface area (Å²) < 4.78 is 19.4. The van der Waals surface area contributed by atoms with Crippen molar-refractivity contribution >= 4 is 0 Å².